The SMILES string of the molecule is COC(=O)Cc1cnc(C)c(OC(F)(F)F)c1[N+](=O)[O-]. The predicted molar refractivity (Wildman–Crippen MR) is 58.0 cm³/mol. The fourth-order valence-corrected chi connectivity index (χ4v) is 1.41. The minimum absolute atomic E-state index is 0.317. The van der Waals surface area contributed by atoms with Crippen molar-refractivity contribution in [2.75, 3.05) is 7.11 Å². The molecule has 1 rings (SSSR count). The van der Waals surface area contributed by atoms with Gasteiger partial charge in [-0.3, -0.25) is 19.9 Å². The van der Waals surface area contributed by atoms with Gasteiger partial charge in [-0.05, 0) is 6.92 Å². The molecule has 0 amide bonds. The van der Waals surface area contributed by atoms with Crippen LogP contribution in [-0.2, 0) is 16.0 Å². The van der Waals surface area contributed by atoms with E-state index in [0.29, 0.717) is 0 Å². The summed E-state index contributed by atoms with van der Waals surface area (Å²) in [5.41, 5.74) is -1.60. The zero-order valence-corrected chi connectivity index (χ0v) is 10.4. The number of nitrogens with zero attached hydrogens (tertiary/aromatic N) is 2. The second-order valence-electron chi connectivity index (χ2n) is 3.60. The number of ether oxygens (including phenoxy) is 2. The molecule has 1 heterocycles. The van der Waals surface area contributed by atoms with Crippen molar-refractivity contribution in [1.82, 2.24) is 4.98 Å². The third kappa shape index (κ3) is 3.80. The highest BCUT2D eigenvalue weighted by molar-refractivity contribution is 5.75. The van der Waals surface area contributed by atoms with Crippen molar-refractivity contribution in [3.63, 3.8) is 0 Å². The maximum absolute atomic E-state index is 12.3. The Morgan fingerprint density at radius 3 is 2.55 bits per heavy atom. The van der Waals surface area contributed by atoms with Gasteiger partial charge in [-0.25, -0.2) is 0 Å². The average Bonchev–Trinajstić information content (AvgIpc) is 2.31. The molecule has 0 aliphatic carbocycles. The van der Waals surface area contributed by atoms with Crippen molar-refractivity contribution in [2.24, 2.45) is 0 Å². The second-order valence-corrected chi connectivity index (χ2v) is 3.60. The average molecular weight is 294 g/mol. The number of hydrogen-bond acceptors (Lipinski definition) is 6. The molecular weight excluding hydrogens is 285 g/mol. The van der Waals surface area contributed by atoms with Gasteiger partial charge in [0.15, 0.2) is 0 Å². The van der Waals surface area contributed by atoms with Gasteiger partial charge in [0, 0.05) is 6.20 Å². The first-order valence-electron chi connectivity index (χ1n) is 5.11. The van der Waals surface area contributed by atoms with E-state index in [2.05, 4.69) is 14.5 Å². The van der Waals surface area contributed by atoms with Crippen molar-refractivity contribution in [2.45, 2.75) is 19.7 Å². The number of alkyl halides is 3. The standard InChI is InChI=1S/C10H9F3N2O5/c1-5-9(20-10(11,12)13)8(15(17)18)6(4-14-5)3-7(16)19-2/h4H,3H2,1-2H3. The van der Waals surface area contributed by atoms with E-state index in [1.807, 2.05) is 0 Å². The lowest BCUT2D eigenvalue weighted by Crippen LogP contribution is -2.20. The lowest BCUT2D eigenvalue weighted by atomic mass is 10.1. The van der Waals surface area contributed by atoms with Crippen molar-refractivity contribution in [3.05, 3.63) is 27.6 Å². The lowest BCUT2D eigenvalue weighted by Gasteiger charge is -2.12. The van der Waals surface area contributed by atoms with Crippen LogP contribution < -0.4 is 4.74 Å². The molecule has 0 atom stereocenters. The zero-order valence-electron chi connectivity index (χ0n) is 10.4. The summed E-state index contributed by atoms with van der Waals surface area (Å²) in [6, 6.07) is 0. The Kier molecular flexibility index (Phi) is 4.48. The molecule has 0 aromatic carbocycles. The van der Waals surface area contributed by atoms with Gasteiger partial charge in [0.05, 0.1) is 29.7 Å². The molecule has 20 heavy (non-hydrogen) atoms. The van der Waals surface area contributed by atoms with Gasteiger partial charge in [-0.1, -0.05) is 0 Å². The highest BCUT2D eigenvalue weighted by Gasteiger charge is 2.37. The van der Waals surface area contributed by atoms with E-state index in [0.717, 1.165) is 20.2 Å². The monoisotopic (exact) mass is 294 g/mol. The highest BCUT2D eigenvalue weighted by atomic mass is 19.4. The molecule has 0 spiro atoms. The van der Waals surface area contributed by atoms with E-state index in [9.17, 15) is 28.1 Å². The normalized spacial score (nSPS) is 11.1. The van der Waals surface area contributed by atoms with E-state index in [-0.39, 0.29) is 11.3 Å². The molecule has 0 aliphatic rings. The lowest BCUT2D eigenvalue weighted by molar-refractivity contribution is -0.389. The third-order valence-corrected chi connectivity index (χ3v) is 2.22. The second kappa shape index (κ2) is 5.72. The molecular formula is C10H9F3N2O5. The van der Waals surface area contributed by atoms with Gasteiger partial charge in [-0.15, -0.1) is 13.2 Å². The number of aromatic nitrogens is 1. The molecule has 0 radical (unpaired) electrons. The number of carbonyl (C=O) groups is 1. The Hall–Kier alpha value is -2.39. The highest BCUT2D eigenvalue weighted by Crippen LogP contribution is 2.36. The van der Waals surface area contributed by atoms with Crippen LogP contribution in [0.5, 0.6) is 5.75 Å². The topological polar surface area (TPSA) is 91.6 Å². The number of carbonyl (C=O) groups excluding carboxylic acids is 1. The number of aryl methyl sites for hydroxylation is 1. The summed E-state index contributed by atoms with van der Waals surface area (Å²) in [4.78, 5) is 24.5. The van der Waals surface area contributed by atoms with Crippen molar-refractivity contribution in [3.8, 4) is 5.75 Å². The molecule has 0 unspecified atom stereocenters. The summed E-state index contributed by atoms with van der Waals surface area (Å²) in [6.45, 7) is 1.12. The van der Waals surface area contributed by atoms with Crippen LogP contribution in [0, 0.1) is 17.0 Å². The zero-order chi connectivity index (χ0) is 15.5. The van der Waals surface area contributed by atoms with E-state index < -0.39 is 35.1 Å². The Labute approximate surface area is 110 Å². The summed E-state index contributed by atoms with van der Waals surface area (Å²) >= 11 is 0. The first-order chi connectivity index (χ1) is 9.15. The van der Waals surface area contributed by atoms with Gasteiger partial charge < -0.3 is 9.47 Å². The molecule has 0 aliphatic heterocycles. The van der Waals surface area contributed by atoms with Crippen LogP contribution in [0.2, 0.25) is 0 Å². The fourth-order valence-electron chi connectivity index (χ4n) is 1.41. The maximum atomic E-state index is 12.3. The summed E-state index contributed by atoms with van der Waals surface area (Å²) < 4.78 is 44.7. The summed E-state index contributed by atoms with van der Waals surface area (Å²) in [7, 11) is 1.04. The molecule has 0 saturated heterocycles. The van der Waals surface area contributed by atoms with E-state index in [1.54, 1.807) is 0 Å². The Bertz CT molecular complexity index is 544. The Morgan fingerprint density at radius 1 is 1.50 bits per heavy atom. The number of pyridine rings is 1. The summed E-state index contributed by atoms with van der Waals surface area (Å²) in [6.07, 6.45) is -4.76. The number of rotatable bonds is 4. The van der Waals surface area contributed by atoms with E-state index in [4.69, 9.17) is 0 Å². The van der Waals surface area contributed by atoms with Gasteiger partial charge in [0.1, 0.15) is 0 Å². The van der Waals surface area contributed by atoms with Crippen molar-refractivity contribution >= 4 is 11.7 Å². The molecule has 10 heteroatoms. The molecule has 1 aromatic heterocycles. The molecule has 1 aromatic rings. The maximum Gasteiger partial charge on any atom is 0.573 e. The minimum Gasteiger partial charge on any atom is -0.469 e. The third-order valence-electron chi connectivity index (χ3n) is 2.22. The van der Waals surface area contributed by atoms with Crippen LogP contribution in [0.1, 0.15) is 11.3 Å². The molecule has 110 valence electrons. The predicted octanol–water partition coefficient (Wildman–Crippen LogP) is 1.91. The smallest absolute Gasteiger partial charge is 0.469 e. The molecule has 0 N–H and O–H groups in total. The summed E-state index contributed by atoms with van der Waals surface area (Å²) in [5, 5.41) is 10.9. The van der Waals surface area contributed by atoms with Crippen LogP contribution in [-0.4, -0.2) is 29.3 Å². The molecule has 0 bridgehead atoms. The van der Waals surface area contributed by atoms with Gasteiger partial charge in [0.2, 0.25) is 5.75 Å². The number of esters is 1. The Morgan fingerprint density at radius 2 is 2.10 bits per heavy atom. The molecule has 0 fully saturated rings. The fraction of sp³-hybridized carbons (Fsp3) is 0.400. The molecule has 0 saturated carbocycles. The first kappa shape index (κ1) is 15.7. The van der Waals surface area contributed by atoms with E-state index >= 15 is 0 Å². The van der Waals surface area contributed by atoms with Crippen LogP contribution >= 0.6 is 0 Å². The number of methoxy groups -OCH3 is 1. The van der Waals surface area contributed by atoms with Crippen molar-refractivity contribution in [1.29, 1.82) is 0 Å². The van der Waals surface area contributed by atoms with Gasteiger partial charge in [-0.2, -0.15) is 0 Å². The number of hydrogen-bond donors (Lipinski definition) is 0. The van der Waals surface area contributed by atoms with Crippen LogP contribution in [0.4, 0.5) is 18.9 Å². The van der Waals surface area contributed by atoms with Crippen LogP contribution in [0.15, 0.2) is 6.20 Å². The van der Waals surface area contributed by atoms with Crippen LogP contribution in [0.3, 0.4) is 0 Å². The Balaban J connectivity index is 3.37. The van der Waals surface area contributed by atoms with Crippen molar-refractivity contribution < 1.29 is 32.4 Å². The van der Waals surface area contributed by atoms with E-state index in [1.165, 1.54) is 0 Å². The number of nitro groups is 1. The van der Waals surface area contributed by atoms with Gasteiger partial charge >= 0.3 is 18.0 Å². The quantitative estimate of drug-likeness (QED) is 0.478. The largest absolute Gasteiger partial charge is 0.573 e. The number of halogens is 3. The minimum atomic E-state index is -5.11. The molecule has 7 nitrogen and oxygen atoms in total. The first-order valence-corrected chi connectivity index (χ1v) is 5.11. The van der Waals surface area contributed by atoms with Crippen LogP contribution in [0.25, 0.3) is 0 Å². The summed E-state index contributed by atoms with van der Waals surface area (Å²) in [5.74, 6) is -1.89. The van der Waals surface area contributed by atoms with Gasteiger partial charge in [0.25, 0.3) is 0 Å².